The molecule has 0 saturated heterocycles. The minimum absolute atomic E-state index is 0.470. The lowest BCUT2D eigenvalue weighted by molar-refractivity contribution is 0.266. The first-order chi connectivity index (χ1) is 6.10. The molecule has 0 radical (unpaired) electrons. The van der Waals surface area contributed by atoms with E-state index < -0.39 is 0 Å². The highest BCUT2D eigenvalue weighted by Crippen LogP contribution is 2.31. The maximum absolute atomic E-state index is 6.05. The van der Waals surface area contributed by atoms with E-state index in [2.05, 4.69) is 13.8 Å². The number of nitrogens with two attached hydrogens (primary N) is 1. The summed E-state index contributed by atoms with van der Waals surface area (Å²) in [5.74, 6) is 0. The zero-order valence-corrected chi connectivity index (χ0v) is 9.31. The first-order valence-electron chi connectivity index (χ1n) is 5.86. The average molecular weight is 183 g/mol. The number of rotatable bonds is 0. The van der Waals surface area contributed by atoms with Gasteiger partial charge in [0, 0.05) is 6.04 Å². The molecule has 1 fully saturated rings. The highest BCUT2D eigenvalue weighted by Gasteiger charge is 2.19. The fraction of sp³-hybridized carbons (Fsp3) is 1.00. The molecule has 1 atom stereocenters. The largest absolute Gasteiger partial charge is 0.328 e. The summed E-state index contributed by atoms with van der Waals surface area (Å²) in [5.41, 5.74) is 6.58. The first kappa shape index (κ1) is 11.0. The van der Waals surface area contributed by atoms with Crippen LogP contribution in [0.1, 0.15) is 65.2 Å². The van der Waals surface area contributed by atoms with Gasteiger partial charge in [0.05, 0.1) is 0 Å². The lowest BCUT2D eigenvalue weighted by Gasteiger charge is -2.27. The quantitative estimate of drug-likeness (QED) is 0.611. The van der Waals surface area contributed by atoms with E-state index in [4.69, 9.17) is 5.73 Å². The van der Waals surface area contributed by atoms with Crippen LogP contribution in [0.4, 0.5) is 0 Å². The van der Waals surface area contributed by atoms with Crippen molar-refractivity contribution < 1.29 is 0 Å². The second kappa shape index (κ2) is 4.99. The SMILES string of the molecule is CC1(C)CCCCCC[C@@H](N)CC1. The summed E-state index contributed by atoms with van der Waals surface area (Å²) in [6.07, 6.45) is 10.8. The zero-order chi connectivity index (χ0) is 9.73. The molecule has 0 aromatic rings. The molecule has 1 rings (SSSR count). The number of hydrogen-bond donors (Lipinski definition) is 1. The molecule has 1 aliphatic rings. The average Bonchev–Trinajstić information content (AvgIpc) is 2.07. The Morgan fingerprint density at radius 1 is 0.923 bits per heavy atom. The molecule has 0 aliphatic heterocycles. The molecule has 0 amide bonds. The Kier molecular flexibility index (Phi) is 4.24. The molecule has 78 valence electrons. The fourth-order valence-electron chi connectivity index (χ4n) is 2.21. The summed E-state index contributed by atoms with van der Waals surface area (Å²) in [6, 6.07) is 0.470. The van der Waals surface area contributed by atoms with Crippen molar-refractivity contribution >= 4 is 0 Å². The van der Waals surface area contributed by atoms with Crippen LogP contribution < -0.4 is 5.73 Å². The van der Waals surface area contributed by atoms with Crippen LogP contribution in [0.5, 0.6) is 0 Å². The predicted octanol–water partition coefficient (Wildman–Crippen LogP) is 3.47. The summed E-state index contributed by atoms with van der Waals surface area (Å²) in [5, 5.41) is 0. The lowest BCUT2D eigenvalue weighted by Crippen LogP contribution is -2.24. The molecule has 1 nitrogen and oxygen atoms in total. The van der Waals surface area contributed by atoms with E-state index in [0.717, 1.165) is 0 Å². The first-order valence-corrected chi connectivity index (χ1v) is 5.86. The van der Waals surface area contributed by atoms with E-state index >= 15 is 0 Å². The Bertz CT molecular complexity index is 140. The van der Waals surface area contributed by atoms with Crippen LogP contribution in [0.3, 0.4) is 0 Å². The van der Waals surface area contributed by atoms with E-state index in [1.807, 2.05) is 0 Å². The van der Waals surface area contributed by atoms with Gasteiger partial charge in [-0.05, 0) is 31.1 Å². The Morgan fingerprint density at radius 3 is 2.38 bits per heavy atom. The minimum Gasteiger partial charge on any atom is -0.328 e. The van der Waals surface area contributed by atoms with Gasteiger partial charge in [0.2, 0.25) is 0 Å². The van der Waals surface area contributed by atoms with Crippen molar-refractivity contribution in [3.8, 4) is 0 Å². The van der Waals surface area contributed by atoms with Gasteiger partial charge in [0.25, 0.3) is 0 Å². The summed E-state index contributed by atoms with van der Waals surface area (Å²) >= 11 is 0. The van der Waals surface area contributed by atoms with Gasteiger partial charge >= 0.3 is 0 Å². The van der Waals surface area contributed by atoms with Gasteiger partial charge in [-0.1, -0.05) is 39.5 Å². The third-order valence-corrected chi connectivity index (χ3v) is 3.37. The highest BCUT2D eigenvalue weighted by atomic mass is 14.6. The third-order valence-electron chi connectivity index (χ3n) is 3.37. The van der Waals surface area contributed by atoms with Crippen molar-refractivity contribution in [1.82, 2.24) is 0 Å². The monoisotopic (exact) mass is 183 g/mol. The molecule has 2 N–H and O–H groups in total. The van der Waals surface area contributed by atoms with Crippen LogP contribution >= 0.6 is 0 Å². The Balaban J connectivity index is 2.37. The van der Waals surface area contributed by atoms with Crippen molar-refractivity contribution in [2.75, 3.05) is 0 Å². The molecule has 1 heteroatoms. The van der Waals surface area contributed by atoms with Crippen LogP contribution in [0.15, 0.2) is 0 Å². The normalized spacial score (nSPS) is 31.2. The molecule has 0 aromatic carbocycles. The van der Waals surface area contributed by atoms with Crippen LogP contribution in [0, 0.1) is 5.41 Å². The van der Waals surface area contributed by atoms with Crippen molar-refractivity contribution in [2.45, 2.75) is 71.3 Å². The third kappa shape index (κ3) is 4.66. The van der Waals surface area contributed by atoms with Crippen molar-refractivity contribution in [3.63, 3.8) is 0 Å². The molecule has 0 aromatic heterocycles. The molecule has 0 unspecified atom stereocenters. The zero-order valence-electron chi connectivity index (χ0n) is 9.31. The molecule has 13 heavy (non-hydrogen) atoms. The second-order valence-corrected chi connectivity index (χ2v) is 5.42. The van der Waals surface area contributed by atoms with Crippen LogP contribution in [-0.4, -0.2) is 6.04 Å². The molecular weight excluding hydrogens is 158 g/mol. The van der Waals surface area contributed by atoms with Gasteiger partial charge < -0.3 is 5.73 Å². The van der Waals surface area contributed by atoms with Gasteiger partial charge in [-0.15, -0.1) is 0 Å². The van der Waals surface area contributed by atoms with Gasteiger partial charge in [0.1, 0.15) is 0 Å². The van der Waals surface area contributed by atoms with Crippen molar-refractivity contribution in [2.24, 2.45) is 11.1 Å². The van der Waals surface area contributed by atoms with E-state index in [0.29, 0.717) is 11.5 Å². The topological polar surface area (TPSA) is 26.0 Å². The molecule has 1 aliphatic carbocycles. The summed E-state index contributed by atoms with van der Waals surface area (Å²) in [4.78, 5) is 0. The fourth-order valence-corrected chi connectivity index (χ4v) is 2.21. The Labute approximate surface area is 83.1 Å². The molecule has 0 bridgehead atoms. The maximum Gasteiger partial charge on any atom is 0.00390 e. The van der Waals surface area contributed by atoms with Crippen LogP contribution in [0.2, 0.25) is 0 Å². The predicted molar refractivity (Wildman–Crippen MR) is 58.7 cm³/mol. The van der Waals surface area contributed by atoms with E-state index in [-0.39, 0.29) is 0 Å². The van der Waals surface area contributed by atoms with Gasteiger partial charge in [0.15, 0.2) is 0 Å². The van der Waals surface area contributed by atoms with Gasteiger partial charge in [-0.2, -0.15) is 0 Å². The smallest absolute Gasteiger partial charge is 0.00390 e. The molecule has 1 saturated carbocycles. The minimum atomic E-state index is 0.470. The van der Waals surface area contributed by atoms with Crippen LogP contribution in [0.25, 0.3) is 0 Å². The summed E-state index contributed by atoms with van der Waals surface area (Å²) < 4.78 is 0. The standard InChI is InChI=1S/C12H25N/c1-12(2)9-6-4-3-5-7-11(13)8-10-12/h11H,3-10,13H2,1-2H3/t11-/m1/s1. The highest BCUT2D eigenvalue weighted by molar-refractivity contribution is 4.74. The second-order valence-electron chi connectivity index (χ2n) is 5.42. The van der Waals surface area contributed by atoms with Gasteiger partial charge in [-0.3, -0.25) is 0 Å². The Hall–Kier alpha value is -0.0400. The summed E-state index contributed by atoms with van der Waals surface area (Å²) in [7, 11) is 0. The van der Waals surface area contributed by atoms with Crippen molar-refractivity contribution in [1.29, 1.82) is 0 Å². The van der Waals surface area contributed by atoms with E-state index in [9.17, 15) is 0 Å². The molecular formula is C12H25N. The molecule has 0 spiro atoms. The van der Waals surface area contributed by atoms with Crippen LogP contribution in [-0.2, 0) is 0 Å². The van der Waals surface area contributed by atoms with Gasteiger partial charge in [-0.25, -0.2) is 0 Å². The van der Waals surface area contributed by atoms with E-state index in [1.165, 1.54) is 51.4 Å². The lowest BCUT2D eigenvalue weighted by atomic mass is 9.80. The Morgan fingerprint density at radius 2 is 1.62 bits per heavy atom. The maximum atomic E-state index is 6.05. The number of hydrogen-bond acceptors (Lipinski definition) is 1. The van der Waals surface area contributed by atoms with Crippen molar-refractivity contribution in [3.05, 3.63) is 0 Å². The molecule has 0 heterocycles. The summed E-state index contributed by atoms with van der Waals surface area (Å²) in [6.45, 7) is 4.78. The van der Waals surface area contributed by atoms with E-state index in [1.54, 1.807) is 0 Å².